The number of pyridine rings is 1. The largest absolute Gasteiger partial charge is 0.450 e. The highest BCUT2D eigenvalue weighted by Gasteiger charge is 2.23. The normalized spacial score (nSPS) is 20.7. The molecule has 2 heterocycles. The summed E-state index contributed by atoms with van der Waals surface area (Å²) < 4.78 is 28.4. The van der Waals surface area contributed by atoms with Gasteiger partial charge in [-0.3, -0.25) is 0 Å². The average Bonchev–Trinajstić information content (AvgIpc) is 2.91. The van der Waals surface area contributed by atoms with Crippen LogP contribution < -0.4 is 0 Å². The maximum absolute atomic E-state index is 12.9. The average molecular weight is 478 g/mol. The van der Waals surface area contributed by atoms with Gasteiger partial charge in [-0.05, 0) is 23.3 Å². The fraction of sp³-hybridized carbons (Fsp3) is 0.296. The van der Waals surface area contributed by atoms with Crippen LogP contribution in [0.15, 0.2) is 78.9 Å². The Kier molecular flexibility index (Phi) is 8.94. The van der Waals surface area contributed by atoms with Crippen LogP contribution in [0.4, 0.5) is 0 Å². The first-order chi connectivity index (χ1) is 17.2. The SMILES string of the molecule is O=C1OC(c2ccccc2)COCCOCCOCC(c2ccccc2)OC(=O)c2cccc1n2. The molecule has 182 valence electrons. The van der Waals surface area contributed by atoms with Gasteiger partial charge in [0.1, 0.15) is 11.4 Å². The molecule has 35 heavy (non-hydrogen) atoms. The highest BCUT2D eigenvalue weighted by Crippen LogP contribution is 2.21. The molecule has 1 aliphatic rings. The van der Waals surface area contributed by atoms with E-state index in [9.17, 15) is 9.59 Å². The van der Waals surface area contributed by atoms with Crippen LogP contribution in [0.25, 0.3) is 0 Å². The van der Waals surface area contributed by atoms with Gasteiger partial charge < -0.3 is 23.7 Å². The summed E-state index contributed by atoms with van der Waals surface area (Å²) >= 11 is 0. The van der Waals surface area contributed by atoms with Crippen LogP contribution in [-0.2, 0) is 23.7 Å². The van der Waals surface area contributed by atoms with E-state index >= 15 is 0 Å². The summed E-state index contributed by atoms with van der Waals surface area (Å²) in [5.41, 5.74) is 1.56. The molecule has 2 unspecified atom stereocenters. The lowest BCUT2D eigenvalue weighted by molar-refractivity contribution is -0.0359. The van der Waals surface area contributed by atoms with Gasteiger partial charge in [-0.1, -0.05) is 66.7 Å². The second-order valence-electron chi connectivity index (χ2n) is 7.78. The van der Waals surface area contributed by atoms with Gasteiger partial charge in [0.2, 0.25) is 0 Å². The van der Waals surface area contributed by atoms with Crippen molar-refractivity contribution in [1.29, 1.82) is 0 Å². The number of fused-ring (bicyclic) bond motifs is 2. The predicted octanol–water partition coefficient (Wildman–Crippen LogP) is 3.94. The summed E-state index contributed by atoms with van der Waals surface area (Å²) in [4.78, 5) is 30.0. The Morgan fingerprint density at radius 2 is 0.971 bits per heavy atom. The Bertz CT molecular complexity index is 1010. The van der Waals surface area contributed by atoms with Crippen molar-refractivity contribution in [2.45, 2.75) is 12.2 Å². The first kappa shape index (κ1) is 24.5. The lowest BCUT2D eigenvalue weighted by Gasteiger charge is -2.20. The summed E-state index contributed by atoms with van der Waals surface area (Å²) in [5.74, 6) is -1.34. The molecule has 0 saturated heterocycles. The van der Waals surface area contributed by atoms with Crippen molar-refractivity contribution in [3.63, 3.8) is 0 Å². The number of carbonyl (C=O) groups excluding carboxylic acids is 2. The van der Waals surface area contributed by atoms with Gasteiger partial charge in [-0.15, -0.1) is 0 Å². The third-order valence-electron chi connectivity index (χ3n) is 5.29. The number of nitrogens with zero attached hydrogens (tertiary/aromatic N) is 1. The molecule has 0 aliphatic carbocycles. The Morgan fingerprint density at radius 3 is 1.43 bits per heavy atom. The minimum Gasteiger partial charge on any atom is -0.450 e. The lowest BCUT2D eigenvalue weighted by atomic mass is 10.1. The molecule has 8 nitrogen and oxygen atoms in total. The van der Waals surface area contributed by atoms with Crippen molar-refractivity contribution in [3.8, 4) is 0 Å². The van der Waals surface area contributed by atoms with Crippen LogP contribution in [0.2, 0.25) is 0 Å². The summed E-state index contributed by atoms with van der Waals surface area (Å²) in [6.45, 7) is 1.68. The molecule has 0 radical (unpaired) electrons. The lowest BCUT2D eigenvalue weighted by Crippen LogP contribution is -2.22. The number of esters is 2. The van der Waals surface area contributed by atoms with Gasteiger partial charge in [0.25, 0.3) is 0 Å². The van der Waals surface area contributed by atoms with Crippen LogP contribution in [0.3, 0.4) is 0 Å². The first-order valence-electron chi connectivity index (χ1n) is 11.4. The summed E-state index contributed by atoms with van der Waals surface area (Å²) in [6, 6.07) is 23.1. The zero-order valence-corrected chi connectivity index (χ0v) is 19.2. The van der Waals surface area contributed by atoms with Crippen LogP contribution in [-0.4, -0.2) is 56.6 Å². The third-order valence-corrected chi connectivity index (χ3v) is 5.29. The van der Waals surface area contributed by atoms with Gasteiger partial charge in [0, 0.05) is 0 Å². The Labute approximate surface area is 203 Å². The van der Waals surface area contributed by atoms with Crippen molar-refractivity contribution in [2.24, 2.45) is 0 Å². The zero-order chi connectivity index (χ0) is 24.3. The van der Waals surface area contributed by atoms with E-state index in [1.165, 1.54) is 12.1 Å². The van der Waals surface area contributed by atoms with Gasteiger partial charge in [0.05, 0.1) is 39.6 Å². The summed E-state index contributed by atoms with van der Waals surface area (Å²) in [6.07, 6.45) is -1.29. The number of hydrogen-bond acceptors (Lipinski definition) is 8. The van der Waals surface area contributed by atoms with Crippen molar-refractivity contribution in [3.05, 3.63) is 101 Å². The summed E-state index contributed by atoms with van der Waals surface area (Å²) in [5, 5.41) is 0. The molecule has 0 N–H and O–H groups in total. The molecule has 2 aromatic carbocycles. The Hall–Kier alpha value is -3.59. The molecule has 2 bridgehead atoms. The van der Waals surface area contributed by atoms with E-state index in [1.807, 2.05) is 60.7 Å². The molecule has 2 atom stereocenters. The van der Waals surface area contributed by atoms with E-state index in [0.717, 1.165) is 11.1 Å². The number of aromatic nitrogens is 1. The molecular weight excluding hydrogens is 450 g/mol. The summed E-state index contributed by atoms with van der Waals surface area (Å²) in [7, 11) is 0. The molecule has 0 fully saturated rings. The van der Waals surface area contributed by atoms with E-state index in [0.29, 0.717) is 26.4 Å². The second-order valence-corrected chi connectivity index (χ2v) is 7.78. The number of benzene rings is 2. The van der Waals surface area contributed by atoms with Gasteiger partial charge in [-0.25, -0.2) is 14.6 Å². The van der Waals surface area contributed by atoms with Gasteiger partial charge in [0.15, 0.2) is 12.2 Å². The Morgan fingerprint density at radius 1 is 0.543 bits per heavy atom. The fourth-order valence-corrected chi connectivity index (χ4v) is 3.49. The predicted molar refractivity (Wildman–Crippen MR) is 126 cm³/mol. The molecule has 1 aromatic heterocycles. The van der Waals surface area contributed by atoms with E-state index in [4.69, 9.17) is 23.7 Å². The number of ether oxygens (including phenoxy) is 5. The smallest absolute Gasteiger partial charge is 0.357 e. The molecule has 8 heteroatoms. The monoisotopic (exact) mass is 477 g/mol. The molecule has 4 rings (SSSR count). The van der Waals surface area contributed by atoms with Crippen LogP contribution >= 0.6 is 0 Å². The van der Waals surface area contributed by atoms with Crippen molar-refractivity contribution >= 4 is 11.9 Å². The highest BCUT2D eigenvalue weighted by molar-refractivity contribution is 5.91. The maximum Gasteiger partial charge on any atom is 0.357 e. The van der Waals surface area contributed by atoms with Crippen LogP contribution in [0, 0.1) is 0 Å². The van der Waals surface area contributed by atoms with Crippen molar-refractivity contribution < 1.29 is 33.3 Å². The maximum atomic E-state index is 12.9. The van der Waals surface area contributed by atoms with E-state index in [1.54, 1.807) is 6.07 Å². The minimum atomic E-state index is -0.669. The molecule has 0 saturated carbocycles. The molecule has 3 aromatic rings. The fourth-order valence-electron chi connectivity index (χ4n) is 3.49. The zero-order valence-electron chi connectivity index (χ0n) is 19.2. The Balaban J connectivity index is 1.56. The quantitative estimate of drug-likeness (QED) is 0.513. The van der Waals surface area contributed by atoms with E-state index in [-0.39, 0.29) is 24.6 Å². The molecule has 1 aliphatic heterocycles. The number of rotatable bonds is 2. The highest BCUT2D eigenvalue weighted by atomic mass is 16.6. The van der Waals surface area contributed by atoms with Crippen molar-refractivity contribution in [2.75, 3.05) is 39.6 Å². The standard InChI is InChI=1S/C27H27NO7/c29-26-22-12-7-13-23(28-22)27(30)35-25(21-10-5-2-6-11-21)19-33-17-15-31-14-16-32-18-24(34-26)20-8-3-1-4-9-20/h1-13,24-25H,14-19H2. The molecular formula is C27H27NO7. The minimum absolute atomic E-state index is 0.00246. The molecule has 0 spiro atoms. The second kappa shape index (κ2) is 12.8. The van der Waals surface area contributed by atoms with E-state index < -0.39 is 24.1 Å². The first-order valence-corrected chi connectivity index (χ1v) is 11.4. The third kappa shape index (κ3) is 7.19. The topological polar surface area (TPSA) is 93.2 Å². The van der Waals surface area contributed by atoms with Gasteiger partial charge in [-0.2, -0.15) is 0 Å². The van der Waals surface area contributed by atoms with E-state index in [2.05, 4.69) is 4.98 Å². The molecule has 0 amide bonds. The van der Waals surface area contributed by atoms with Crippen LogP contribution in [0.5, 0.6) is 0 Å². The van der Waals surface area contributed by atoms with Crippen LogP contribution in [0.1, 0.15) is 44.3 Å². The van der Waals surface area contributed by atoms with Gasteiger partial charge >= 0.3 is 11.9 Å². The number of cyclic esters (lactones) is 2. The number of hydrogen-bond donors (Lipinski definition) is 0. The number of carbonyl (C=O) groups is 2. The van der Waals surface area contributed by atoms with Crippen molar-refractivity contribution in [1.82, 2.24) is 4.98 Å².